The number of ether oxygens (including phenoxy) is 2. The molecule has 11 heteroatoms. The van der Waals surface area contributed by atoms with Gasteiger partial charge in [0.25, 0.3) is 15.9 Å². The molecule has 0 saturated heterocycles. The van der Waals surface area contributed by atoms with Crippen molar-refractivity contribution in [3.8, 4) is 5.75 Å². The Bertz CT molecular complexity index is 1110. The van der Waals surface area contributed by atoms with E-state index in [9.17, 15) is 22.8 Å². The number of methoxy groups -OCH3 is 1. The smallest absolute Gasteiger partial charge is 0.342 e. The lowest BCUT2D eigenvalue weighted by Crippen LogP contribution is -2.37. The van der Waals surface area contributed by atoms with Gasteiger partial charge in [-0.25, -0.2) is 18.0 Å². The van der Waals surface area contributed by atoms with E-state index in [1.54, 1.807) is 17.4 Å². The zero-order valence-corrected chi connectivity index (χ0v) is 16.8. The Morgan fingerprint density at radius 2 is 1.90 bits per heavy atom. The maximum Gasteiger partial charge on any atom is 0.342 e. The van der Waals surface area contributed by atoms with Crippen molar-refractivity contribution in [1.29, 1.82) is 0 Å². The van der Waals surface area contributed by atoms with E-state index in [-0.39, 0.29) is 22.8 Å². The third-order valence-electron chi connectivity index (χ3n) is 4.42. The second-order valence-electron chi connectivity index (χ2n) is 6.31. The Morgan fingerprint density at radius 1 is 1.17 bits per heavy atom. The van der Waals surface area contributed by atoms with Crippen LogP contribution in [-0.4, -0.2) is 46.6 Å². The predicted molar refractivity (Wildman–Crippen MR) is 106 cm³/mol. The van der Waals surface area contributed by atoms with Gasteiger partial charge in [-0.3, -0.25) is 14.4 Å². The first-order valence-electron chi connectivity index (χ1n) is 8.79. The SMILES string of the molecule is COc1ccc(S(=O)(=O)N2CCc3ccccc32)cc1C(=O)OCC(=O)NC(N)=O. The molecule has 30 heavy (non-hydrogen) atoms. The van der Waals surface area contributed by atoms with Crippen LogP contribution in [0.5, 0.6) is 5.75 Å². The van der Waals surface area contributed by atoms with Crippen LogP contribution < -0.4 is 20.1 Å². The average molecular weight is 433 g/mol. The molecule has 0 bridgehead atoms. The lowest BCUT2D eigenvalue weighted by atomic mass is 10.2. The first-order valence-corrected chi connectivity index (χ1v) is 10.2. The van der Waals surface area contributed by atoms with Gasteiger partial charge in [0.15, 0.2) is 6.61 Å². The number of carbonyl (C=O) groups is 3. The van der Waals surface area contributed by atoms with Crippen LogP contribution in [0.25, 0.3) is 0 Å². The number of esters is 1. The second kappa shape index (κ2) is 8.41. The summed E-state index contributed by atoms with van der Waals surface area (Å²) in [6.45, 7) is -0.498. The number of para-hydroxylation sites is 1. The number of rotatable bonds is 6. The number of nitrogens with two attached hydrogens (primary N) is 1. The molecule has 1 heterocycles. The molecule has 0 radical (unpaired) electrons. The number of primary amides is 1. The lowest BCUT2D eigenvalue weighted by molar-refractivity contribution is -0.123. The van der Waals surface area contributed by atoms with Crippen LogP contribution in [0, 0.1) is 0 Å². The van der Waals surface area contributed by atoms with Crippen molar-refractivity contribution in [1.82, 2.24) is 5.32 Å². The fourth-order valence-corrected chi connectivity index (χ4v) is 4.60. The number of hydrogen-bond acceptors (Lipinski definition) is 7. The van der Waals surface area contributed by atoms with E-state index >= 15 is 0 Å². The summed E-state index contributed by atoms with van der Waals surface area (Å²) in [5, 5.41) is 1.75. The van der Waals surface area contributed by atoms with Gasteiger partial charge in [0.1, 0.15) is 11.3 Å². The van der Waals surface area contributed by atoms with Crippen molar-refractivity contribution in [2.24, 2.45) is 5.73 Å². The summed E-state index contributed by atoms with van der Waals surface area (Å²) in [6, 6.07) is 9.86. The Labute approximate surface area is 172 Å². The van der Waals surface area contributed by atoms with Crippen LogP contribution in [0.2, 0.25) is 0 Å². The molecule has 2 aromatic rings. The normalized spacial score (nSPS) is 12.8. The number of fused-ring (bicyclic) bond motifs is 1. The first kappa shape index (κ1) is 21.1. The van der Waals surface area contributed by atoms with Gasteiger partial charge in [0, 0.05) is 6.54 Å². The summed E-state index contributed by atoms with van der Waals surface area (Å²) >= 11 is 0. The molecular weight excluding hydrogens is 414 g/mol. The van der Waals surface area contributed by atoms with E-state index in [1.165, 1.54) is 23.5 Å². The molecule has 0 atom stereocenters. The summed E-state index contributed by atoms with van der Waals surface area (Å²) in [5.41, 5.74) is 6.13. The molecule has 3 N–H and O–H groups in total. The topological polar surface area (TPSA) is 145 Å². The van der Waals surface area contributed by atoms with Crippen molar-refractivity contribution in [3.63, 3.8) is 0 Å². The summed E-state index contributed by atoms with van der Waals surface area (Å²) in [4.78, 5) is 34.4. The number of nitrogens with zero attached hydrogens (tertiary/aromatic N) is 1. The largest absolute Gasteiger partial charge is 0.496 e. The van der Waals surface area contributed by atoms with Crippen LogP contribution in [0.4, 0.5) is 10.5 Å². The predicted octanol–water partition coefficient (Wildman–Crippen LogP) is 0.798. The quantitative estimate of drug-likeness (QED) is 0.641. The molecule has 1 aliphatic heterocycles. The average Bonchev–Trinajstić information content (AvgIpc) is 3.16. The number of benzene rings is 2. The van der Waals surface area contributed by atoms with Crippen LogP contribution >= 0.6 is 0 Å². The van der Waals surface area contributed by atoms with Gasteiger partial charge in [-0.05, 0) is 36.2 Å². The Hall–Kier alpha value is -3.60. The molecule has 1 aliphatic rings. The highest BCUT2D eigenvalue weighted by Crippen LogP contribution is 2.34. The number of sulfonamides is 1. The van der Waals surface area contributed by atoms with E-state index in [0.29, 0.717) is 12.1 Å². The number of anilines is 1. The Balaban J connectivity index is 1.88. The molecule has 158 valence electrons. The van der Waals surface area contributed by atoms with Gasteiger partial charge < -0.3 is 15.2 Å². The Morgan fingerprint density at radius 3 is 2.60 bits per heavy atom. The standard InChI is InChI=1S/C19H19N3O7S/c1-28-16-7-6-13(10-14(16)18(24)29-11-17(23)21-19(20)25)30(26,27)22-9-8-12-4-2-3-5-15(12)22/h2-7,10H,8-9,11H2,1H3,(H3,20,21,23,25). The van der Waals surface area contributed by atoms with Crippen LogP contribution in [0.3, 0.4) is 0 Å². The summed E-state index contributed by atoms with van der Waals surface area (Å²) in [6.07, 6.45) is 0.579. The number of carbonyl (C=O) groups excluding carboxylic acids is 3. The molecular formula is C19H19N3O7S. The van der Waals surface area contributed by atoms with Gasteiger partial charge in [0.2, 0.25) is 0 Å². The van der Waals surface area contributed by atoms with Crippen molar-refractivity contribution < 1.29 is 32.3 Å². The van der Waals surface area contributed by atoms with Gasteiger partial charge in [0.05, 0.1) is 17.7 Å². The Kier molecular flexibility index (Phi) is 5.92. The summed E-state index contributed by atoms with van der Waals surface area (Å²) in [7, 11) is -2.65. The highest BCUT2D eigenvalue weighted by atomic mass is 32.2. The van der Waals surface area contributed by atoms with Gasteiger partial charge >= 0.3 is 12.0 Å². The van der Waals surface area contributed by atoms with E-state index in [4.69, 9.17) is 15.2 Å². The second-order valence-corrected chi connectivity index (χ2v) is 8.17. The van der Waals surface area contributed by atoms with E-state index in [2.05, 4.69) is 0 Å². The first-order chi connectivity index (χ1) is 14.2. The molecule has 0 saturated carbocycles. The molecule has 0 aromatic heterocycles. The van der Waals surface area contributed by atoms with Crippen molar-refractivity contribution in [2.75, 3.05) is 24.6 Å². The minimum absolute atomic E-state index is 0.0658. The third kappa shape index (κ3) is 4.20. The van der Waals surface area contributed by atoms with Crippen molar-refractivity contribution in [2.45, 2.75) is 11.3 Å². The minimum Gasteiger partial charge on any atom is -0.496 e. The van der Waals surface area contributed by atoms with Crippen molar-refractivity contribution in [3.05, 3.63) is 53.6 Å². The minimum atomic E-state index is -3.95. The number of amides is 3. The molecule has 0 aliphatic carbocycles. The molecule has 2 aromatic carbocycles. The van der Waals surface area contributed by atoms with Crippen LogP contribution in [0.1, 0.15) is 15.9 Å². The monoisotopic (exact) mass is 433 g/mol. The summed E-state index contributed by atoms with van der Waals surface area (Å²) in [5.74, 6) is -1.85. The third-order valence-corrected chi connectivity index (χ3v) is 6.23. The van der Waals surface area contributed by atoms with Crippen LogP contribution in [0.15, 0.2) is 47.4 Å². The number of nitrogens with one attached hydrogen (secondary N) is 1. The maximum absolute atomic E-state index is 13.2. The molecule has 3 amide bonds. The van der Waals surface area contributed by atoms with Crippen LogP contribution in [-0.2, 0) is 26.0 Å². The molecule has 0 spiro atoms. The zero-order valence-electron chi connectivity index (χ0n) is 16.0. The molecule has 0 unspecified atom stereocenters. The maximum atomic E-state index is 13.2. The van der Waals surface area contributed by atoms with E-state index in [0.717, 1.165) is 11.6 Å². The molecule has 10 nitrogen and oxygen atoms in total. The lowest BCUT2D eigenvalue weighted by Gasteiger charge is -2.20. The van der Waals surface area contributed by atoms with Gasteiger partial charge in [-0.15, -0.1) is 0 Å². The number of imide groups is 1. The highest BCUT2D eigenvalue weighted by Gasteiger charge is 2.31. The van der Waals surface area contributed by atoms with Gasteiger partial charge in [-0.1, -0.05) is 18.2 Å². The molecule has 0 fully saturated rings. The number of hydrogen-bond donors (Lipinski definition) is 2. The van der Waals surface area contributed by atoms with Gasteiger partial charge in [-0.2, -0.15) is 0 Å². The summed E-state index contributed by atoms with van der Waals surface area (Å²) < 4.78 is 37.6. The zero-order chi connectivity index (χ0) is 21.9. The molecule has 3 rings (SSSR count). The fourth-order valence-electron chi connectivity index (χ4n) is 3.07. The number of urea groups is 1. The fraction of sp³-hybridized carbons (Fsp3) is 0.211. The van der Waals surface area contributed by atoms with Crippen molar-refractivity contribution >= 4 is 33.6 Å². The van der Waals surface area contributed by atoms with E-state index < -0.39 is 34.5 Å². The van der Waals surface area contributed by atoms with E-state index in [1.807, 2.05) is 12.1 Å². The highest BCUT2D eigenvalue weighted by molar-refractivity contribution is 7.92.